The Hall–Kier alpha value is -1.79. The second-order valence-corrected chi connectivity index (χ2v) is 10.6. The summed E-state index contributed by atoms with van der Waals surface area (Å²) in [4.78, 5) is 5.19. The van der Waals surface area contributed by atoms with Gasteiger partial charge in [0, 0.05) is 11.1 Å². The number of rotatable bonds is 2. The first-order valence-corrected chi connectivity index (χ1v) is 10.5. The lowest BCUT2D eigenvalue weighted by atomic mass is 9.93. The third kappa shape index (κ3) is 3.85. The second-order valence-electron chi connectivity index (χ2n) is 5.87. The lowest BCUT2D eigenvalue weighted by Crippen LogP contribution is -2.16. The van der Waals surface area contributed by atoms with Gasteiger partial charge in [0.15, 0.2) is 0 Å². The first-order chi connectivity index (χ1) is 9.49. The molecule has 0 aromatic heterocycles. The number of allylic oxidation sites excluding steroid dienone is 2. The fourth-order valence-corrected chi connectivity index (χ4v) is 2.45. The summed E-state index contributed by atoms with van der Waals surface area (Å²) in [6, 6.07) is 6.38. The Kier molecular flexibility index (Phi) is 4.46. The van der Waals surface area contributed by atoms with Gasteiger partial charge in [0.2, 0.25) is 0 Å². The van der Waals surface area contributed by atoms with Gasteiger partial charge >= 0.3 is 0 Å². The van der Waals surface area contributed by atoms with Crippen molar-refractivity contribution >= 4 is 13.8 Å². The summed E-state index contributed by atoms with van der Waals surface area (Å²) in [6.07, 6.45) is 5.09. The molecule has 1 aliphatic rings. The maximum Gasteiger partial charge on any atom is 0.129 e. The monoisotopic (exact) mass is 283 g/mol. The fraction of sp³-hybridized carbons (Fsp3) is 0.353. The standard InChI is InChI=1S/C17H21NOSi/c1-5-19-18-17-8-6-7-15-10-9-14(13-16(15)17)11-12-20(2,3)4/h6,8-10,13H,5,7H2,1-4H3. The minimum absolute atomic E-state index is 0.585. The van der Waals surface area contributed by atoms with Gasteiger partial charge in [-0.2, -0.15) is 0 Å². The molecule has 0 heterocycles. The van der Waals surface area contributed by atoms with Crippen LogP contribution in [0.2, 0.25) is 19.6 Å². The van der Waals surface area contributed by atoms with Gasteiger partial charge in [-0.25, -0.2) is 0 Å². The van der Waals surface area contributed by atoms with Crippen molar-refractivity contribution in [1.29, 1.82) is 0 Å². The first kappa shape index (κ1) is 14.6. The molecule has 0 N–H and O–H groups in total. The van der Waals surface area contributed by atoms with E-state index < -0.39 is 8.07 Å². The molecule has 104 valence electrons. The van der Waals surface area contributed by atoms with Gasteiger partial charge < -0.3 is 4.84 Å². The van der Waals surface area contributed by atoms with Crippen LogP contribution in [0.4, 0.5) is 0 Å². The van der Waals surface area contributed by atoms with Gasteiger partial charge in [-0.1, -0.05) is 42.9 Å². The number of benzene rings is 1. The maximum atomic E-state index is 5.19. The van der Waals surface area contributed by atoms with Gasteiger partial charge in [-0.15, -0.1) is 5.54 Å². The maximum absolute atomic E-state index is 5.19. The van der Waals surface area contributed by atoms with Gasteiger partial charge in [-0.05, 0) is 37.1 Å². The normalized spacial score (nSPS) is 15.5. The van der Waals surface area contributed by atoms with Gasteiger partial charge in [0.05, 0.1) is 0 Å². The molecule has 0 amide bonds. The highest BCUT2D eigenvalue weighted by Crippen LogP contribution is 2.19. The zero-order valence-electron chi connectivity index (χ0n) is 12.7. The van der Waals surface area contributed by atoms with Crippen LogP contribution in [0.5, 0.6) is 0 Å². The van der Waals surface area contributed by atoms with Crippen LogP contribution in [0.1, 0.15) is 23.6 Å². The van der Waals surface area contributed by atoms with E-state index in [0.29, 0.717) is 6.61 Å². The molecule has 3 heteroatoms. The third-order valence-corrected chi connectivity index (χ3v) is 3.75. The van der Waals surface area contributed by atoms with E-state index in [9.17, 15) is 0 Å². The zero-order valence-corrected chi connectivity index (χ0v) is 13.7. The highest BCUT2D eigenvalue weighted by molar-refractivity contribution is 6.83. The molecule has 2 nitrogen and oxygen atoms in total. The zero-order chi connectivity index (χ0) is 14.6. The van der Waals surface area contributed by atoms with Gasteiger partial charge in [0.1, 0.15) is 20.4 Å². The van der Waals surface area contributed by atoms with E-state index in [0.717, 1.165) is 23.3 Å². The second kappa shape index (κ2) is 6.11. The molecule has 0 spiro atoms. The number of nitrogens with zero attached hydrogens (tertiary/aromatic N) is 1. The number of oxime groups is 1. The van der Waals surface area contributed by atoms with Crippen LogP contribution >= 0.6 is 0 Å². The van der Waals surface area contributed by atoms with Crippen LogP contribution < -0.4 is 0 Å². The van der Waals surface area contributed by atoms with Crippen LogP contribution in [0, 0.1) is 11.5 Å². The molecule has 0 aliphatic heterocycles. The number of hydrogen-bond donors (Lipinski definition) is 0. The molecule has 2 rings (SSSR count). The fourth-order valence-electron chi connectivity index (χ4n) is 1.93. The van der Waals surface area contributed by atoms with Crippen LogP contribution in [0.3, 0.4) is 0 Å². The van der Waals surface area contributed by atoms with E-state index in [1.807, 2.05) is 13.0 Å². The average molecular weight is 283 g/mol. The first-order valence-electron chi connectivity index (χ1n) is 7.02. The number of fused-ring (bicyclic) bond motifs is 1. The predicted molar refractivity (Wildman–Crippen MR) is 87.7 cm³/mol. The van der Waals surface area contributed by atoms with E-state index >= 15 is 0 Å². The van der Waals surface area contributed by atoms with Gasteiger partial charge in [0.25, 0.3) is 0 Å². The largest absolute Gasteiger partial charge is 0.396 e. The third-order valence-electron chi connectivity index (χ3n) is 2.87. The molecule has 20 heavy (non-hydrogen) atoms. The molecular weight excluding hydrogens is 262 g/mol. The van der Waals surface area contributed by atoms with Crippen molar-refractivity contribution in [3.05, 3.63) is 47.0 Å². The molecular formula is C17H21NOSi. The molecule has 0 atom stereocenters. The molecule has 0 saturated heterocycles. The topological polar surface area (TPSA) is 21.6 Å². The number of hydrogen-bond acceptors (Lipinski definition) is 2. The Morgan fingerprint density at radius 1 is 1.30 bits per heavy atom. The molecule has 0 bridgehead atoms. The van der Waals surface area contributed by atoms with Crippen LogP contribution in [0.25, 0.3) is 0 Å². The Bertz CT molecular complexity index is 612. The SMILES string of the molecule is CCON=C1C=CCc2ccc(C#C[Si](C)(C)C)cc21. The minimum atomic E-state index is -1.34. The van der Waals surface area contributed by atoms with Crippen molar-refractivity contribution in [2.24, 2.45) is 5.16 Å². The summed E-state index contributed by atoms with van der Waals surface area (Å²) in [5, 5.41) is 4.18. The van der Waals surface area contributed by atoms with Crippen molar-refractivity contribution in [2.75, 3.05) is 6.61 Å². The van der Waals surface area contributed by atoms with Crippen LogP contribution in [-0.2, 0) is 11.3 Å². The summed E-state index contributed by atoms with van der Waals surface area (Å²) < 4.78 is 0. The van der Waals surface area contributed by atoms with E-state index in [2.05, 4.69) is 60.5 Å². The van der Waals surface area contributed by atoms with Crippen molar-refractivity contribution in [3.63, 3.8) is 0 Å². The van der Waals surface area contributed by atoms with Crippen molar-refractivity contribution < 1.29 is 4.84 Å². The highest BCUT2D eigenvalue weighted by atomic mass is 28.3. The Labute approximate surface area is 122 Å². The van der Waals surface area contributed by atoms with Crippen LogP contribution in [0.15, 0.2) is 35.5 Å². The highest BCUT2D eigenvalue weighted by Gasteiger charge is 2.12. The summed E-state index contributed by atoms with van der Waals surface area (Å²) in [7, 11) is -1.34. The molecule has 0 radical (unpaired) electrons. The quantitative estimate of drug-likeness (QED) is 0.460. The average Bonchev–Trinajstić information content (AvgIpc) is 2.42. The lowest BCUT2D eigenvalue weighted by molar-refractivity contribution is 0.159. The van der Waals surface area contributed by atoms with E-state index in [-0.39, 0.29) is 0 Å². The van der Waals surface area contributed by atoms with E-state index in [1.165, 1.54) is 5.56 Å². The molecule has 0 saturated carbocycles. The Morgan fingerprint density at radius 2 is 2.10 bits per heavy atom. The summed E-state index contributed by atoms with van der Waals surface area (Å²) in [5.41, 5.74) is 7.78. The lowest BCUT2D eigenvalue weighted by Gasteiger charge is -2.13. The van der Waals surface area contributed by atoms with Crippen molar-refractivity contribution in [1.82, 2.24) is 0 Å². The van der Waals surface area contributed by atoms with E-state index in [4.69, 9.17) is 4.84 Å². The summed E-state index contributed by atoms with van der Waals surface area (Å²) >= 11 is 0. The van der Waals surface area contributed by atoms with Gasteiger partial charge in [-0.3, -0.25) is 0 Å². The molecule has 0 unspecified atom stereocenters. The molecule has 0 fully saturated rings. The Morgan fingerprint density at radius 3 is 2.80 bits per heavy atom. The van der Waals surface area contributed by atoms with Crippen molar-refractivity contribution in [3.8, 4) is 11.5 Å². The Balaban J connectivity index is 2.36. The van der Waals surface area contributed by atoms with E-state index in [1.54, 1.807) is 0 Å². The molecule has 1 aromatic carbocycles. The molecule has 1 aromatic rings. The summed E-state index contributed by atoms with van der Waals surface area (Å²) in [5.74, 6) is 3.30. The predicted octanol–water partition coefficient (Wildman–Crippen LogP) is 3.77. The minimum Gasteiger partial charge on any atom is -0.396 e. The van der Waals surface area contributed by atoms with Crippen molar-refractivity contribution in [2.45, 2.75) is 33.0 Å². The smallest absolute Gasteiger partial charge is 0.129 e. The van der Waals surface area contributed by atoms with Crippen LogP contribution in [-0.4, -0.2) is 20.4 Å². The molecule has 1 aliphatic carbocycles. The summed E-state index contributed by atoms with van der Waals surface area (Å²) in [6.45, 7) is 9.28.